The molecule has 6 unspecified atom stereocenters. The van der Waals surface area contributed by atoms with Gasteiger partial charge in [-0.2, -0.15) is 0 Å². The van der Waals surface area contributed by atoms with Gasteiger partial charge in [-0.3, -0.25) is 4.79 Å². The summed E-state index contributed by atoms with van der Waals surface area (Å²) in [5, 5.41) is 23.7. The van der Waals surface area contributed by atoms with Crippen LogP contribution in [0.3, 0.4) is 0 Å². The molecule has 2 aliphatic rings. The minimum absolute atomic E-state index is 0.0166. The molecule has 0 aromatic heterocycles. The van der Waals surface area contributed by atoms with Crippen molar-refractivity contribution in [2.75, 3.05) is 13.7 Å². The lowest BCUT2D eigenvalue weighted by atomic mass is 9.95. The lowest BCUT2D eigenvalue weighted by Gasteiger charge is -2.43. The molecule has 9 heteroatoms. The minimum atomic E-state index is -1.40. The Hall–Kier alpha value is -3.08. The number of nitrogens with one attached hydrogen (secondary N) is 1. The summed E-state index contributed by atoms with van der Waals surface area (Å²) in [6, 6.07) is 17.6. The Balaban J connectivity index is 1.68. The van der Waals surface area contributed by atoms with Crippen molar-refractivity contribution in [3.63, 3.8) is 0 Å². The van der Waals surface area contributed by atoms with Gasteiger partial charge in [0.2, 0.25) is 12.2 Å². The van der Waals surface area contributed by atoms with Gasteiger partial charge in [-0.05, 0) is 11.1 Å². The number of methoxy groups -OCH3 is 1. The van der Waals surface area contributed by atoms with Gasteiger partial charge in [-0.25, -0.2) is 4.79 Å². The summed E-state index contributed by atoms with van der Waals surface area (Å²) in [4.78, 5) is 24.8. The van der Waals surface area contributed by atoms with Crippen LogP contribution in [0.15, 0.2) is 66.2 Å². The van der Waals surface area contributed by atoms with E-state index >= 15 is 0 Å². The lowest BCUT2D eigenvalue weighted by molar-refractivity contribution is -0.300. The molecule has 2 aliphatic heterocycles. The van der Waals surface area contributed by atoms with Gasteiger partial charge in [-0.1, -0.05) is 60.7 Å². The van der Waals surface area contributed by atoms with Gasteiger partial charge >= 0.3 is 5.97 Å². The molecule has 2 aromatic rings. The van der Waals surface area contributed by atoms with E-state index in [2.05, 4.69) is 5.32 Å². The zero-order valence-electron chi connectivity index (χ0n) is 19.5. The van der Waals surface area contributed by atoms with Crippen molar-refractivity contribution in [3.05, 3.63) is 77.4 Å². The Bertz CT molecular complexity index is 1060. The first-order valence-electron chi connectivity index (χ1n) is 11.4. The number of benzene rings is 2. The summed E-state index contributed by atoms with van der Waals surface area (Å²) in [6.45, 7) is 1.26. The highest BCUT2D eigenvalue weighted by molar-refractivity contribution is 6.19. The van der Waals surface area contributed by atoms with Crippen LogP contribution in [0.2, 0.25) is 0 Å². The van der Waals surface area contributed by atoms with Gasteiger partial charge in [0.05, 0.1) is 12.2 Å². The third-order valence-corrected chi connectivity index (χ3v) is 5.98. The van der Waals surface area contributed by atoms with Crippen LogP contribution in [0.25, 0.3) is 5.57 Å². The second kappa shape index (κ2) is 11.1. The maximum Gasteiger partial charge on any atom is 0.341 e. The largest absolute Gasteiger partial charge is 0.428 e. The highest BCUT2D eigenvalue weighted by atomic mass is 16.8. The van der Waals surface area contributed by atoms with E-state index in [1.807, 2.05) is 60.7 Å². The molecule has 1 fully saturated rings. The second-order valence-electron chi connectivity index (χ2n) is 8.51. The lowest BCUT2D eigenvalue weighted by Crippen LogP contribution is -2.65. The molecule has 0 bridgehead atoms. The Morgan fingerprint density at radius 1 is 1.03 bits per heavy atom. The van der Waals surface area contributed by atoms with Gasteiger partial charge in [-0.15, -0.1) is 0 Å². The summed E-state index contributed by atoms with van der Waals surface area (Å²) >= 11 is 0. The van der Waals surface area contributed by atoms with E-state index in [9.17, 15) is 19.8 Å². The minimum Gasteiger partial charge on any atom is -0.428 e. The Morgan fingerprint density at radius 3 is 2.31 bits per heavy atom. The smallest absolute Gasteiger partial charge is 0.341 e. The number of ether oxygens (including phenoxy) is 4. The molecular weight excluding hydrogens is 454 g/mol. The Labute approximate surface area is 203 Å². The molecule has 186 valence electrons. The Kier molecular flexibility index (Phi) is 7.94. The predicted molar refractivity (Wildman–Crippen MR) is 125 cm³/mol. The third-order valence-electron chi connectivity index (χ3n) is 5.98. The van der Waals surface area contributed by atoms with E-state index in [4.69, 9.17) is 18.9 Å². The number of aliphatic hydroxyl groups is 2. The van der Waals surface area contributed by atoms with Crippen molar-refractivity contribution in [1.82, 2.24) is 5.32 Å². The monoisotopic (exact) mass is 483 g/mol. The van der Waals surface area contributed by atoms with Crippen LogP contribution in [-0.4, -0.2) is 72.7 Å². The molecule has 0 saturated carbocycles. The van der Waals surface area contributed by atoms with E-state index in [-0.39, 0.29) is 6.61 Å². The summed E-state index contributed by atoms with van der Waals surface area (Å²) in [5.74, 6) is -0.995. The highest BCUT2D eigenvalue weighted by Gasteiger charge is 2.48. The van der Waals surface area contributed by atoms with Gasteiger partial charge < -0.3 is 34.5 Å². The number of hydrogen-bond donors (Lipinski definition) is 3. The highest BCUT2D eigenvalue weighted by Crippen LogP contribution is 2.35. The maximum atomic E-state index is 13.0. The summed E-state index contributed by atoms with van der Waals surface area (Å²) < 4.78 is 22.7. The number of hydrogen-bond acceptors (Lipinski definition) is 8. The van der Waals surface area contributed by atoms with Gasteiger partial charge in [0.1, 0.15) is 24.4 Å². The first kappa shape index (κ1) is 25.0. The molecule has 0 spiro atoms. The third kappa shape index (κ3) is 5.61. The number of amides is 1. The molecular formula is C26H29NO8. The summed E-state index contributed by atoms with van der Waals surface area (Å²) in [6.07, 6.45) is -5.63. The molecule has 1 amide bonds. The van der Waals surface area contributed by atoms with Gasteiger partial charge in [0.25, 0.3) is 0 Å². The summed E-state index contributed by atoms with van der Waals surface area (Å²) in [5.41, 5.74) is 2.60. The van der Waals surface area contributed by atoms with Crippen LogP contribution >= 0.6 is 0 Å². The first-order chi connectivity index (χ1) is 16.9. The van der Waals surface area contributed by atoms with Crippen LogP contribution in [0.5, 0.6) is 0 Å². The average molecular weight is 484 g/mol. The standard InChI is InChI=1S/C26H29NO8/c1-15(28)27-21-23(30)22(29)19(14-32-2)33-26(21)35-25-18(13-16-9-5-3-6-10-16)20(24(31)34-25)17-11-7-4-8-12-17/h3-12,19,21-23,25-26,29-30H,13-14H2,1-2H3,(H,27,28). The number of rotatable bonds is 8. The van der Waals surface area contributed by atoms with E-state index in [0.717, 1.165) is 5.56 Å². The predicted octanol–water partition coefficient (Wildman–Crippen LogP) is 1.18. The number of esters is 1. The normalized spacial score (nSPS) is 28.6. The molecule has 1 saturated heterocycles. The van der Waals surface area contributed by atoms with Crippen molar-refractivity contribution in [1.29, 1.82) is 0 Å². The van der Waals surface area contributed by atoms with Crippen molar-refractivity contribution in [2.45, 2.75) is 50.3 Å². The van der Waals surface area contributed by atoms with E-state index in [1.165, 1.54) is 14.0 Å². The SMILES string of the molecule is COCC1OC(OC2OC(=O)C(c3ccccc3)=C2Cc2ccccc2)C(NC(C)=O)C(O)C1O. The van der Waals surface area contributed by atoms with Crippen LogP contribution in [-0.2, 0) is 35.0 Å². The number of cyclic esters (lactones) is 1. The van der Waals surface area contributed by atoms with Gasteiger partial charge in [0.15, 0.2) is 6.29 Å². The number of carbonyl (C=O) groups is 2. The summed E-state index contributed by atoms with van der Waals surface area (Å²) in [7, 11) is 1.43. The number of aliphatic hydroxyl groups excluding tert-OH is 2. The van der Waals surface area contributed by atoms with Crippen molar-refractivity contribution in [3.8, 4) is 0 Å². The fourth-order valence-corrected chi connectivity index (χ4v) is 4.34. The zero-order valence-corrected chi connectivity index (χ0v) is 19.5. The quantitative estimate of drug-likeness (QED) is 0.479. The van der Waals surface area contributed by atoms with E-state index in [0.29, 0.717) is 23.1 Å². The Morgan fingerprint density at radius 2 is 1.69 bits per heavy atom. The topological polar surface area (TPSA) is 124 Å². The molecule has 0 radical (unpaired) electrons. The van der Waals surface area contributed by atoms with Crippen LogP contribution in [0.4, 0.5) is 0 Å². The maximum absolute atomic E-state index is 13.0. The second-order valence-corrected chi connectivity index (χ2v) is 8.51. The fourth-order valence-electron chi connectivity index (χ4n) is 4.34. The van der Waals surface area contributed by atoms with Gasteiger partial charge in [0, 0.05) is 26.0 Å². The molecule has 6 atom stereocenters. The molecule has 9 nitrogen and oxygen atoms in total. The molecule has 2 heterocycles. The molecule has 0 aliphatic carbocycles. The first-order valence-corrected chi connectivity index (χ1v) is 11.4. The van der Waals surface area contributed by atoms with Crippen molar-refractivity contribution in [2.24, 2.45) is 0 Å². The molecule has 35 heavy (non-hydrogen) atoms. The fraction of sp³-hybridized carbons (Fsp3) is 0.385. The molecule has 3 N–H and O–H groups in total. The number of carbonyl (C=O) groups excluding carboxylic acids is 2. The molecule has 4 rings (SSSR count). The van der Waals surface area contributed by atoms with Crippen LogP contribution in [0.1, 0.15) is 18.1 Å². The van der Waals surface area contributed by atoms with Crippen LogP contribution in [0, 0.1) is 0 Å². The van der Waals surface area contributed by atoms with Crippen molar-refractivity contribution >= 4 is 17.4 Å². The average Bonchev–Trinajstić information content (AvgIpc) is 3.15. The van der Waals surface area contributed by atoms with Crippen LogP contribution < -0.4 is 5.32 Å². The van der Waals surface area contributed by atoms with E-state index in [1.54, 1.807) is 0 Å². The van der Waals surface area contributed by atoms with Crippen molar-refractivity contribution < 1.29 is 38.7 Å². The van der Waals surface area contributed by atoms with E-state index < -0.39 is 48.8 Å². The zero-order chi connectivity index (χ0) is 24.9. The molecule has 2 aromatic carbocycles.